The van der Waals surface area contributed by atoms with Crippen LogP contribution in [-0.2, 0) is 5.41 Å². The molecule has 0 N–H and O–H groups in total. The van der Waals surface area contributed by atoms with E-state index in [4.69, 9.17) is 0 Å². The van der Waals surface area contributed by atoms with Gasteiger partial charge >= 0.3 is 0 Å². The smallest absolute Gasteiger partial charge is 0.160 e. The monoisotopic (exact) mass is 204 g/mol. The Morgan fingerprint density at radius 2 is 1.67 bits per heavy atom. The molecule has 1 nitrogen and oxygen atoms in total. The van der Waals surface area contributed by atoms with E-state index >= 15 is 0 Å². The lowest BCUT2D eigenvalue weighted by Crippen LogP contribution is -2.17. The quantitative estimate of drug-likeness (QED) is 0.636. The minimum absolute atomic E-state index is 0.0256. The highest BCUT2D eigenvalue weighted by Crippen LogP contribution is 2.29. The number of carbonyl (C=O) groups is 1. The molecule has 0 aromatic heterocycles. The minimum atomic E-state index is 0.0256. The number of benzene rings is 1. The molecule has 0 heterocycles. The molecule has 0 radical (unpaired) electrons. The molecule has 15 heavy (non-hydrogen) atoms. The zero-order valence-corrected chi connectivity index (χ0v) is 10.6. The van der Waals surface area contributed by atoms with Crippen molar-refractivity contribution in [1.29, 1.82) is 0 Å². The van der Waals surface area contributed by atoms with E-state index in [2.05, 4.69) is 39.8 Å². The van der Waals surface area contributed by atoms with Crippen LogP contribution in [0.4, 0.5) is 0 Å². The number of aryl methyl sites for hydroxylation is 2. The average molecular weight is 204 g/mol. The zero-order valence-electron chi connectivity index (χ0n) is 10.6. The molecule has 0 saturated heterocycles. The minimum Gasteiger partial charge on any atom is -0.294 e. The summed E-state index contributed by atoms with van der Waals surface area (Å²) >= 11 is 0. The first-order valence-electron chi connectivity index (χ1n) is 5.36. The van der Waals surface area contributed by atoms with Crippen molar-refractivity contribution in [3.8, 4) is 0 Å². The Morgan fingerprint density at radius 3 is 2.07 bits per heavy atom. The van der Waals surface area contributed by atoms with Crippen LogP contribution in [0, 0.1) is 13.8 Å². The molecule has 1 rings (SSSR count). The van der Waals surface area contributed by atoms with Crippen LogP contribution in [0.25, 0.3) is 0 Å². The summed E-state index contributed by atoms with van der Waals surface area (Å²) < 4.78 is 0. The molecule has 0 atom stereocenters. The number of carbonyl (C=O) groups excluding carboxylic acids is 1. The van der Waals surface area contributed by atoms with Gasteiger partial charge in [-0.25, -0.2) is 0 Å². The van der Waals surface area contributed by atoms with Crippen LogP contribution in [0.5, 0.6) is 0 Å². The van der Waals surface area contributed by atoms with Crippen LogP contribution in [0.15, 0.2) is 12.1 Å². The van der Waals surface area contributed by atoms with Crippen LogP contribution in [-0.4, -0.2) is 5.78 Å². The van der Waals surface area contributed by atoms with Gasteiger partial charge in [-0.3, -0.25) is 4.79 Å². The van der Waals surface area contributed by atoms with Crippen molar-refractivity contribution < 1.29 is 4.79 Å². The first-order valence-corrected chi connectivity index (χ1v) is 5.36. The number of Topliss-reactive ketones (excluding diaryl/α,β-unsaturated/α-hetero) is 1. The summed E-state index contributed by atoms with van der Waals surface area (Å²) in [5.74, 6) is 0.164. The summed E-state index contributed by atoms with van der Waals surface area (Å²) in [4.78, 5) is 11.6. The summed E-state index contributed by atoms with van der Waals surface area (Å²) in [5.41, 5.74) is 4.40. The van der Waals surface area contributed by atoms with Gasteiger partial charge in [-0.05, 0) is 37.3 Å². The second-order valence-electron chi connectivity index (χ2n) is 5.31. The van der Waals surface area contributed by atoms with Crippen molar-refractivity contribution in [2.45, 2.75) is 47.0 Å². The fourth-order valence-electron chi connectivity index (χ4n) is 2.03. The molecule has 1 aromatic carbocycles. The SMILES string of the molecule is CC(=O)c1c(C)cc(C)cc1C(C)(C)C. The topological polar surface area (TPSA) is 17.1 Å². The van der Waals surface area contributed by atoms with E-state index in [1.54, 1.807) is 6.92 Å². The molecule has 1 heteroatoms. The fraction of sp³-hybridized carbons (Fsp3) is 0.500. The van der Waals surface area contributed by atoms with Crippen molar-refractivity contribution in [2.75, 3.05) is 0 Å². The molecule has 0 unspecified atom stereocenters. The van der Waals surface area contributed by atoms with E-state index in [-0.39, 0.29) is 11.2 Å². The molecule has 0 spiro atoms. The van der Waals surface area contributed by atoms with Crippen molar-refractivity contribution >= 4 is 5.78 Å². The molecule has 0 fully saturated rings. The van der Waals surface area contributed by atoms with Gasteiger partial charge in [-0.2, -0.15) is 0 Å². The second kappa shape index (κ2) is 3.80. The highest BCUT2D eigenvalue weighted by Gasteiger charge is 2.21. The number of hydrogen-bond donors (Lipinski definition) is 0. The maximum Gasteiger partial charge on any atom is 0.160 e. The Balaban J connectivity index is 3.54. The third kappa shape index (κ3) is 2.47. The molecular weight excluding hydrogens is 184 g/mol. The highest BCUT2D eigenvalue weighted by atomic mass is 16.1. The number of hydrogen-bond acceptors (Lipinski definition) is 1. The van der Waals surface area contributed by atoms with Crippen molar-refractivity contribution in [2.24, 2.45) is 0 Å². The predicted molar refractivity (Wildman–Crippen MR) is 64.6 cm³/mol. The van der Waals surface area contributed by atoms with Crippen molar-refractivity contribution in [1.82, 2.24) is 0 Å². The molecule has 0 aliphatic carbocycles. The summed E-state index contributed by atoms with van der Waals surface area (Å²) in [6.45, 7) is 12.2. The number of rotatable bonds is 1. The van der Waals surface area contributed by atoms with Gasteiger partial charge in [0.1, 0.15) is 0 Å². The van der Waals surface area contributed by atoms with Gasteiger partial charge in [-0.1, -0.05) is 38.5 Å². The van der Waals surface area contributed by atoms with E-state index in [1.165, 1.54) is 5.56 Å². The van der Waals surface area contributed by atoms with Crippen molar-refractivity contribution in [3.05, 3.63) is 34.4 Å². The lowest BCUT2D eigenvalue weighted by Gasteiger charge is -2.24. The Hall–Kier alpha value is -1.11. The second-order valence-corrected chi connectivity index (χ2v) is 5.31. The molecule has 0 amide bonds. The fourth-order valence-corrected chi connectivity index (χ4v) is 2.03. The predicted octanol–water partition coefficient (Wildman–Crippen LogP) is 3.80. The largest absolute Gasteiger partial charge is 0.294 e. The normalized spacial score (nSPS) is 11.6. The third-order valence-electron chi connectivity index (χ3n) is 2.64. The summed E-state index contributed by atoms with van der Waals surface area (Å²) in [7, 11) is 0. The van der Waals surface area contributed by atoms with Gasteiger partial charge in [0.2, 0.25) is 0 Å². The lowest BCUT2D eigenvalue weighted by atomic mass is 9.80. The third-order valence-corrected chi connectivity index (χ3v) is 2.64. The maximum absolute atomic E-state index is 11.6. The van der Waals surface area contributed by atoms with Gasteiger partial charge < -0.3 is 0 Å². The Morgan fingerprint density at radius 1 is 1.13 bits per heavy atom. The van der Waals surface area contributed by atoms with E-state index in [1.807, 2.05) is 6.92 Å². The first kappa shape index (κ1) is 12.0. The first-order chi connectivity index (χ1) is 6.73. The molecule has 0 bridgehead atoms. The summed E-state index contributed by atoms with van der Waals surface area (Å²) in [6, 6.07) is 4.20. The number of ketones is 1. The van der Waals surface area contributed by atoms with Gasteiger partial charge in [0.15, 0.2) is 5.78 Å². The van der Waals surface area contributed by atoms with Crippen LogP contribution in [0.3, 0.4) is 0 Å². The van der Waals surface area contributed by atoms with Crippen molar-refractivity contribution in [3.63, 3.8) is 0 Å². The molecule has 82 valence electrons. The maximum atomic E-state index is 11.6. The average Bonchev–Trinajstić information content (AvgIpc) is 1.99. The standard InChI is InChI=1S/C14H20O/c1-9-7-10(2)13(11(3)15)12(8-9)14(4,5)6/h7-8H,1-6H3. The summed E-state index contributed by atoms with van der Waals surface area (Å²) in [6.07, 6.45) is 0. The lowest BCUT2D eigenvalue weighted by molar-refractivity contribution is 0.101. The van der Waals surface area contributed by atoms with Gasteiger partial charge in [-0.15, -0.1) is 0 Å². The van der Waals surface area contributed by atoms with Gasteiger partial charge in [0.05, 0.1) is 0 Å². The van der Waals surface area contributed by atoms with Crippen LogP contribution >= 0.6 is 0 Å². The van der Waals surface area contributed by atoms with Crippen LogP contribution < -0.4 is 0 Å². The van der Waals surface area contributed by atoms with E-state index in [0.717, 1.165) is 16.7 Å². The molecular formula is C14H20O. The van der Waals surface area contributed by atoms with Crippen LogP contribution in [0.2, 0.25) is 0 Å². The summed E-state index contributed by atoms with van der Waals surface area (Å²) in [5, 5.41) is 0. The zero-order chi connectivity index (χ0) is 11.8. The highest BCUT2D eigenvalue weighted by molar-refractivity contribution is 5.97. The van der Waals surface area contributed by atoms with Crippen LogP contribution in [0.1, 0.15) is 54.7 Å². The Bertz CT molecular complexity index is 395. The molecule has 0 aliphatic rings. The van der Waals surface area contributed by atoms with Gasteiger partial charge in [0.25, 0.3) is 0 Å². The van der Waals surface area contributed by atoms with E-state index < -0.39 is 0 Å². The van der Waals surface area contributed by atoms with E-state index in [9.17, 15) is 4.79 Å². The van der Waals surface area contributed by atoms with E-state index in [0.29, 0.717) is 0 Å². The molecule has 0 saturated carbocycles. The molecule has 1 aromatic rings. The Labute approximate surface area is 92.5 Å². The van der Waals surface area contributed by atoms with Gasteiger partial charge in [0, 0.05) is 5.56 Å². The molecule has 0 aliphatic heterocycles. The Kier molecular flexibility index (Phi) is 3.03.